The topological polar surface area (TPSA) is 67.2 Å². The van der Waals surface area contributed by atoms with Crippen LogP contribution in [-0.4, -0.2) is 18.4 Å². The van der Waals surface area contributed by atoms with Crippen LogP contribution < -0.4 is 0 Å². The van der Waals surface area contributed by atoms with E-state index in [2.05, 4.69) is 13.5 Å². The summed E-state index contributed by atoms with van der Waals surface area (Å²) in [5.74, 6) is -1.16. The second-order valence-electron chi connectivity index (χ2n) is 6.13. The Hall–Kier alpha value is -1.89. The molecule has 24 heavy (non-hydrogen) atoms. The first-order valence-electron chi connectivity index (χ1n) is 9.01. The molecule has 0 aromatic heterocycles. The van der Waals surface area contributed by atoms with Crippen LogP contribution >= 0.6 is 0 Å². The van der Waals surface area contributed by atoms with Gasteiger partial charge in [-0.25, -0.2) is 4.79 Å². The minimum absolute atomic E-state index is 0.268. The maximum atomic E-state index is 11.7. The zero-order valence-electron chi connectivity index (χ0n) is 15.2. The smallest absolute Gasteiger partial charge is 0.349 e. The Morgan fingerprint density at radius 2 is 1.50 bits per heavy atom. The summed E-state index contributed by atoms with van der Waals surface area (Å²) in [5, 5.41) is 8.90. The van der Waals surface area contributed by atoms with E-state index in [9.17, 15) is 9.59 Å². The molecule has 0 saturated heterocycles. The number of ether oxygens (including phenoxy) is 1. The molecule has 134 valence electrons. The van der Waals surface area contributed by atoms with Gasteiger partial charge >= 0.3 is 5.97 Å². The molecule has 0 aliphatic heterocycles. The summed E-state index contributed by atoms with van der Waals surface area (Å²) >= 11 is 0. The van der Waals surface area contributed by atoms with Crippen LogP contribution in [0.15, 0.2) is 23.8 Å². The normalized spacial score (nSPS) is 11.0. The molecule has 0 N–H and O–H groups in total. The molecule has 4 heteroatoms. The molecule has 0 unspecified atom stereocenters. The number of ketones is 1. The standard InChI is InChI=1S/C20H31NO3/c1-4-5-6-7-8-9-10-11-12-13-14-24-20(23)18(16-21)15-19(22)17(2)3/h15H,2,4-14H2,1,3H3. The molecule has 0 bridgehead atoms. The summed E-state index contributed by atoms with van der Waals surface area (Å²) in [6.45, 7) is 7.52. The number of allylic oxidation sites excluding steroid dienone is 2. The maximum Gasteiger partial charge on any atom is 0.349 e. The summed E-state index contributed by atoms with van der Waals surface area (Å²) < 4.78 is 5.04. The van der Waals surface area contributed by atoms with E-state index in [1.807, 2.05) is 0 Å². The molecule has 0 fully saturated rings. The second-order valence-corrected chi connectivity index (χ2v) is 6.13. The van der Waals surface area contributed by atoms with Crippen LogP contribution in [0.3, 0.4) is 0 Å². The molecule has 0 aromatic carbocycles. The van der Waals surface area contributed by atoms with Crippen molar-refractivity contribution >= 4 is 11.8 Å². The molecule has 0 rings (SSSR count). The van der Waals surface area contributed by atoms with Crippen molar-refractivity contribution < 1.29 is 14.3 Å². The fourth-order valence-electron chi connectivity index (χ4n) is 2.22. The number of nitrogens with zero attached hydrogens (tertiary/aromatic N) is 1. The van der Waals surface area contributed by atoms with Crippen molar-refractivity contribution in [1.29, 1.82) is 5.26 Å². The lowest BCUT2D eigenvalue weighted by molar-refractivity contribution is -0.138. The molecule has 0 radical (unpaired) electrons. The second kappa shape index (κ2) is 14.7. The lowest BCUT2D eigenvalue weighted by Gasteiger charge is -2.04. The summed E-state index contributed by atoms with van der Waals surface area (Å²) in [7, 11) is 0. The van der Waals surface area contributed by atoms with Gasteiger partial charge in [0.2, 0.25) is 0 Å². The highest BCUT2D eigenvalue weighted by atomic mass is 16.5. The average Bonchev–Trinajstić information content (AvgIpc) is 2.56. The molecule has 0 aliphatic rings. The van der Waals surface area contributed by atoms with Crippen LogP contribution in [0.2, 0.25) is 0 Å². The van der Waals surface area contributed by atoms with Crippen molar-refractivity contribution in [3.05, 3.63) is 23.8 Å². The van der Waals surface area contributed by atoms with Crippen LogP contribution in [0.25, 0.3) is 0 Å². The summed E-state index contributed by atoms with van der Waals surface area (Å²) in [5.41, 5.74) is 0.0142. The zero-order valence-corrected chi connectivity index (χ0v) is 15.2. The van der Waals surface area contributed by atoms with Crippen LogP contribution in [0, 0.1) is 11.3 Å². The SMILES string of the molecule is C=C(C)C(=O)C=C(C#N)C(=O)OCCCCCCCCCCCC. The van der Waals surface area contributed by atoms with Crippen LogP contribution in [0.4, 0.5) is 0 Å². The Morgan fingerprint density at radius 3 is 1.96 bits per heavy atom. The Bertz CT molecular complexity index is 472. The molecule has 0 amide bonds. The quantitative estimate of drug-likeness (QED) is 0.193. The van der Waals surface area contributed by atoms with E-state index in [-0.39, 0.29) is 17.8 Å². The zero-order chi connectivity index (χ0) is 18.2. The van der Waals surface area contributed by atoms with Crippen LogP contribution in [-0.2, 0) is 14.3 Å². The number of nitriles is 1. The van der Waals surface area contributed by atoms with E-state index < -0.39 is 11.8 Å². The minimum atomic E-state index is -0.733. The number of unbranched alkanes of at least 4 members (excludes halogenated alkanes) is 9. The Labute approximate surface area is 146 Å². The molecule has 0 heterocycles. The molecule has 4 nitrogen and oxygen atoms in total. The third-order valence-corrected chi connectivity index (χ3v) is 3.77. The van der Waals surface area contributed by atoms with Gasteiger partial charge in [-0.3, -0.25) is 4.79 Å². The van der Waals surface area contributed by atoms with Crippen molar-refractivity contribution in [1.82, 2.24) is 0 Å². The molecule has 0 atom stereocenters. The van der Waals surface area contributed by atoms with Crippen molar-refractivity contribution in [2.45, 2.75) is 78.1 Å². The summed E-state index contributed by atoms with van der Waals surface area (Å²) in [6.07, 6.45) is 13.0. The fraction of sp³-hybridized carbons (Fsp3) is 0.650. The molecular weight excluding hydrogens is 302 g/mol. The maximum absolute atomic E-state index is 11.7. The number of esters is 1. The largest absolute Gasteiger partial charge is 0.462 e. The van der Waals surface area contributed by atoms with Gasteiger partial charge in [-0.15, -0.1) is 0 Å². The minimum Gasteiger partial charge on any atom is -0.462 e. The number of rotatable bonds is 14. The highest BCUT2D eigenvalue weighted by Crippen LogP contribution is 2.10. The number of hydrogen-bond acceptors (Lipinski definition) is 4. The number of hydrogen-bond donors (Lipinski definition) is 0. The van der Waals surface area contributed by atoms with E-state index in [0.29, 0.717) is 0 Å². The summed E-state index contributed by atoms with van der Waals surface area (Å²) in [6, 6.07) is 1.70. The first-order valence-corrected chi connectivity index (χ1v) is 9.01. The van der Waals surface area contributed by atoms with Gasteiger partial charge in [0.05, 0.1) is 6.61 Å². The summed E-state index contributed by atoms with van der Waals surface area (Å²) in [4.78, 5) is 23.1. The van der Waals surface area contributed by atoms with Crippen molar-refractivity contribution in [3.8, 4) is 6.07 Å². The third kappa shape index (κ3) is 11.6. The monoisotopic (exact) mass is 333 g/mol. The van der Waals surface area contributed by atoms with Crippen molar-refractivity contribution in [2.75, 3.05) is 6.61 Å². The Balaban J connectivity index is 3.73. The van der Waals surface area contributed by atoms with Gasteiger partial charge in [-0.05, 0) is 18.9 Å². The van der Waals surface area contributed by atoms with E-state index in [0.717, 1.165) is 25.3 Å². The average molecular weight is 333 g/mol. The molecule has 0 aliphatic carbocycles. The third-order valence-electron chi connectivity index (χ3n) is 3.77. The highest BCUT2D eigenvalue weighted by molar-refractivity contribution is 6.08. The molecule has 0 saturated carbocycles. The van der Waals surface area contributed by atoms with E-state index in [1.54, 1.807) is 6.07 Å². The van der Waals surface area contributed by atoms with Gasteiger partial charge in [0.1, 0.15) is 11.6 Å². The highest BCUT2D eigenvalue weighted by Gasteiger charge is 2.12. The first-order chi connectivity index (χ1) is 11.5. The van der Waals surface area contributed by atoms with Gasteiger partial charge in [-0.2, -0.15) is 5.26 Å². The predicted octanol–water partition coefficient (Wildman–Crippen LogP) is 5.05. The van der Waals surface area contributed by atoms with Gasteiger partial charge < -0.3 is 4.74 Å². The van der Waals surface area contributed by atoms with Gasteiger partial charge in [0, 0.05) is 6.08 Å². The van der Waals surface area contributed by atoms with Crippen LogP contribution in [0.1, 0.15) is 78.1 Å². The molecular formula is C20H31NO3. The van der Waals surface area contributed by atoms with Gasteiger partial charge in [-0.1, -0.05) is 71.3 Å². The Morgan fingerprint density at radius 1 is 1.00 bits per heavy atom. The van der Waals surface area contributed by atoms with E-state index in [1.165, 1.54) is 51.9 Å². The first kappa shape index (κ1) is 22.1. The van der Waals surface area contributed by atoms with E-state index in [4.69, 9.17) is 10.00 Å². The van der Waals surface area contributed by atoms with Gasteiger partial charge in [0.25, 0.3) is 0 Å². The number of carbonyl (C=O) groups is 2. The van der Waals surface area contributed by atoms with Crippen molar-refractivity contribution in [3.63, 3.8) is 0 Å². The van der Waals surface area contributed by atoms with E-state index >= 15 is 0 Å². The fourth-order valence-corrected chi connectivity index (χ4v) is 2.22. The number of carbonyl (C=O) groups excluding carboxylic acids is 2. The molecule has 0 spiro atoms. The molecule has 0 aromatic rings. The predicted molar refractivity (Wildman–Crippen MR) is 96.3 cm³/mol. The van der Waals surface area contributed by atoms with Gasteiger partial charge in [0.15, 0.2) is 5.78 Å². The van der Waals surface area contributed by atoms with Crippen molar-refractivity contribution in [2.24, 2.45) is 0 Å². The van der Waals surface area contributed by atoms with Crippen LogP contribution in [0.5, 0.6) is 0 Å². The lowest BCUT2D eigenvalue weighted by atomic mass is 10.1. The Kier molecular flexibility index (Phi) is 13.5. The lowest BCUT2D eigenvalue weighted by Crippen LogP contribution is -2.10.